The average Bonchev–Trinajstić information content (AvgIpc) is 2.67. The standard InChI is InChI=1S/C8H12N2O4S/c1-12-6(11)8(13-2,14-3)5-4-15-7(9)10-5/h4H,1-3H3,(H2,9,10). The van der Waals surface area contributed by atoms with E-state index in [2.05, 4.69) is 9.72 Å². The lowest BCUT2D eigenvalue weighted by atomic mass is 10.2. The van der Waals surface area contributed by atoms with E-state index in [9.17, 15) is 4.79 Å². The zero-order valence-corrected chi connectivity index (χ0v) is 9.46. The number of ether oxygens (including phenoxy) is 3. The van der Waals surface area contributed by atoms with E-state index in [-0.39, 0.29) is 5.69 Å². The molecule has 0 saturated carbocycles. The fourth-order valence-corrected chi connectivity index (χ4v) is 1.73. The molecular weight excluding hydrogens is 220 g/mol. The van der Waals surface area contributed by atoms with Crippen molar-refractivity contribution in [2.75, 3.05) is 27.1 Å². The Morgan fingerprint density at radius 1 is 1.47 bits per heavy atom. The Bertz CT molecular complexity index is 348. The Labute approximate surface area is 91.0 Å². The molecule has 0 saturated heterocycles. The fourth-order valence-electron chi connectivity index (χ4n) is 1.14. The van der Waals surface area contributed by atoms with Crippen LogP contribution in [-0.2, 0) is 24.8 Å². The summed E-state index contributed by atoms with van der Waals surface area (Å²) in [5.74, 6) is -2.32. The van der Waals surface area contributed by atoms with Crippen LogP contribution in [0.1, 0.15) is 5.69 Å². The lowest BCUT2D eigenvalue weighted by Gasteiger charge is -2.25. The van der Waals surface area contributed by atoms with Crippen molar-refractivity contribution in [2.24, 2.45) is 0 Å². The van der Waals surface area contributed by atoms with Crippen molar-refractivity contribution in [1.82, 2.24) is 4.98 Å². The second-order valence-electron chi connectivity index (χ2n) is 2.59. The fraction of sp³-hybridized carbons (Fsp3) is 0.500. The number of anilines is 1. The second-order valence-corrected chi connectivity index (χ2v) is 3.48. The Balaban J connectivity index is 3.16. The first-order valence-corrected chi connectivity index (χ1v) is 4.89. The molecule has 0 bridgehead atoms. The van der Waals surface area contributed by atoms with Gasteiger partial charge in [-0.3, -0.25) is 0 Å². The molecule has 1 rings (SSSR count). The summed E-state index contributed by atoms with van der Waals surface area (Å²) in [6.45, 7) is 0. The molecule has 15 heavy (non-hydrogen) atoms. The van der Waals surface area contributed by atoms with E-state index in [1.165, 1.54) is 32.7 Å². The summed E-state index contributed by atoms with van der Waals surface area (Å²) < 4.78 is 14.7. The van der Waals surface area contributed by atoms with Gasteiger partial charge < -0.3 is 19.9 Å². The summed E-state index contributed by atoms with van der Waals surface area (Å²) in [5.41, 5.74) is 5.75. The lowest BCUT2D eigenvalue weighted by molar-refractivity contribution is -0.235. The molecule has 1 heterocycles. The first-order valence-electron chi connectivity index (χ1n) is 4.01. The minimum atomic E-state index is -1.64. The molecular formula is C8H12N2O4S. The number of hydrogen-bond acceptors (Lipinski definition) is 7. The highest BCUT2D eigenvalue weighted by molar-refractivity contribution is 7.13. The number of carbonyl (C=O) groups excluding carboxylic acids is 1. The minimum Gasteiger partial charge on any atom is -0.465 e. The quantitative estimate of drug-likeness (QED) is 0.595. The molecule has 0 aliphatic heterocycles. The van der Waals surface area contributed by atoms with Crippen LogP contribution in [-0.4, -0.2) is 32.3 Å². The zero-order chi connectivity index (χ0) is 11.5. The highest BCUT2D eigenvalue weighted by Gasteiger charge is 2.45. The first kappa shape index (κ1) is 11.9. The molecule has 1 aromatic rings. The summed E-state index contributed by atoms with van der Waals surface area (Å²) in [6.07, 6.45) is 0. The SMILES string of the molecule is COC(=O)C(OC)(OC)c1csc(N)n1. The van der Waals surface area contributed by atoms with Gasteiger partial charge in [-0.25, -0.2) is 9.78 Å². The van der Waals surface area contributed by atoms with Crippen molar-refractivity contribution in [3.63, 3.8) is 0 Å². The van der Waals surface area contributed by atoms with Crippen LogP contribution in [0, 0.1) is 0 Å². The predicted octanol–water partition coefficient (Wildman–Crippen LogP) is 0.344. The number of methoxy groups -OCH3 is 3. The van der Waals surface area contributed by atoms with Crippen LogP contribution in [0.15, 0.2) is 5.38 Å². The average molecular weight is 232 g/mol. The summed E-state index contributed by atoms with van der Waals surface area (Å²) in [7, 11) is 3.90. The summed E-state index contributed by atoms with van der Waals surface area (Å²) in [4.78, 5) is 15.5. The number of nitrogens with zero attached hydrogens (tertiary/aromatic N) is 1. The summed E-state index contributed by atoms with van der Waals surface area (Å²) in [6, 6.07) is 0. The lowest BCUT2D eigenvalue weighted by Crippen LogP contribution is -2.41. The molecule has 0 radical (unpaired) electrons. The summed E-state index contributed by atoms with van der Waals surface area (Å²) in [5, 5.41) is 1.91. The van der Waals surface area contributed by atoms with Crippen LogP contribution < -0.4 is 5.73 Å². The molecule has 0 unspecified atom stereocenters. The highest BCUT2D eigenvalue weighted by atomic mass is 32.1. The first-order chi connectivity index (χ1) is 7.10. The van der Waals surface area contributed by atoms with Crippen LogP contribution in [0.4, 0.5) is 5.13 Å². The number of carbonyl (C=O) groups is 1. The molecule has 1 aromatic heterocycles. The van der Waals surface area contributed by atoms with Crippen molar-refractivity contribution >= 4 is 22.4 Å². The van der Waals surface area contributed by atoms with Crippen LogP contribution in [0.5, 0.6) is 0 Å². The van der Waals surface area contributed by atoms with Gasteiger partial charge in [0.2, 0.25) is 0 Å². The van der Waals surface area contributed by atoms with Crippen molar-refractivity contribution in [3.8, 4) is 0 Å². The summed E-state index contributed by atoms with van der Waals surface area (Å²) >= 11 is 1.19. The van der Waals surface area contributed by atoms with Crippen molar-refractivity contribution in [1.29, 1.82) is 0 Å². The smallest absolute Gasteiger partial charge is 0.373 e. The van der Waals surface area contributed by atoms with Gasteiger partial charge in [0, 0.05) is 19.6 Å². The van der Waals surface area contributed by atoms with E-state index in [1.54, 1.807) is 5.38 Å². The van der Waals surface area contributed by atoms with Gasteiger partial charge in [0.25, 0.3) is 0 Å². The van der Waals surface area contributed by atoms with Gasteiger partial charge in [-0.1, -0.05) is 0 Å². The monoisotopic (exact) mass is 232 g/mol. The van der Waals surface area contributed by atoms with E-state index in [4.69, 9.17) is 15.2 Å². The number of aromatic nitrogens is 1. The number of hydrogen-bond donors (Lipinski definition) is 1. The van der Waals surface area contributed by atoms with Gasteiger partial charge in [0.1, 0.15) is 5.69 Å². The van der Waals surface area contributed by atoms with Crippen molar-refractivity contribution in [2.45, 2.75) is 5.79 Å². The second kappa shape index (κ2) is 4.56. The van der Waals surface area contributed by atoms with Gasteiger partial charge in [0.05, 0.1) is 7.11 Å². The van der Waals surface area contributed by atoms with Gasteiger partial charge in [0.15, 0.2) is 5.13 Å². The maximum absolute atomic E-state index is 11.6. The van der Waals surface area contributed by atoms with E-state index in [0.29, 0.717) is 5.13 Å². The molecule has 0 aliphatic carbocycles. The molecule has 0 amide bonds. The van der Waals surface area contributed by atoms with Gasteiger partial charge in [-0.15, -0.1) is 11.3 Å². The highest BCUT2D eigenvalue weighted by Crippen LogP contribution is 2.29. The zero-order valence-electron chi connectivity index (χ0n) is 8.64. The van der Waals surface area contributed by atoms with Gasteiger partial charge in [-0.05, 0) is 0 Å². The van der Waals surface area contributed by atoms with Crippen LogP contribution in [0.3, 0.4) is 0 Å². The Hall–Kier alpha value is -1.18. The number of esters is 1. The largest absolute Gasteiger partial charge is 0.465 e. The van der Waals surface area contributed by atoms with Crippen molar-refractivity contribution < 1.29 is 19.0 Å². The minimum absolute atomic E-state index is 0.279. The van der Waals surface area contributed by atoms with Crippen LogP contribution in [0.25, 0.3) is 0 Å². The maximum atomic E-state index is 11.6. The number of nitrogens with two attached hydrogens (primary N) is 1. The Morgan fingerprint density at radius 3 is 2.40 bits per heavy atom. The van der Waals surface area contributed by atoms with E-state index in [0.717, 1.165) is 0 Å². The number of rotatable bonds is 4. The Morgan fingerprint density at radius 2 is 2.07 bits per heavy atom. The van der Waals surface area contributed by atoms with E-state index in [1.807, 2.05) is 0 Å². The third kappa shape index (κ3) is 1.94. The molecule has 0 spiro atoms. The van der Waals surface area contributed by atoms with Crippen LogP contribution in [0.2, 0.25) is 0 Å². The molecule has 7 heteroatoms. The van der Waals surface area contributed by atoms with Gasteiger partial charge in [-0.2, -0.15) is 0 Å². The van der Waals surface area contributed by atoms with E-state index >= 15 is 0 Å². The third-order valence-corrected chi connectivity index (χ3v) is 2.56. The number of nitrogen functional groups attached to an aromatic ring is 1. The van der Waals surface area contributed by atoms with E-state index < -0.39 is 11.8 Å². The van der Waals surface area contributed by atoms with Gasteiger partial charge >= 0.3 is 11.8 Å². The van der Waals surface area contributed by atoms with Crippen molar-refractivity contribution in [3.05, 3.63) is 11.1 Å². The molecule has 2 N–H and O–H groups in total. The topological polar surface area (TPSA) is 83.7 Å². The Kier molecular flexibility index (Phi) is 3.61. The molecule has 84 valence electrons. The van der Waals surface area contributed by atoms with Crippen LogP contribution >= 0.6 is 11.3 Å². The predicted molar refractivity (Wildman–Crippen MR) is 54.2 cm³/mol. The normalized spacial score (nSPS) is 11.4. The number of thiazole rings is 1. The molecule has 0 atom stereocenters. The third-order valence-electron chi connectivity index (χ3n) is 1.89. The molecule has 6 nitrogen and oxygen atoms in total. The maximum Gasteiger partial charge on any atom is 0.373 e. The molecule has 0 aromatic carbocycles. The molecule has 0 aliphatic rings. The molecule has 0 fully saturated rings.